The molecule has 0 fully saturated rings. The summed E-state index contributed by atoms with van der Waals surface area (Å²) in [5.74, 6) is -2.49. The van der Waals surface area contributed by atoms with E-state index in [0.29, 0.717) is 6.20 Å². The molecule has 9 heavy (non-hydrogen) atoms. The number of nitrogens with two attached hydrogens (primary N) is 1. The first-order valence-electron chi connectivity index (χ1n) is 1.92. The van der Waals surface area contributed by atoms with Gasteiger partial charge < -0.3 is 5.73 Å². The van der Waals surface area contributed by atoms with Gasteiger partial charge >= 0.3 is 0 Å². The highest BCUT2D eigenvalue weighted by molar-refractivity contribution is 5.89. The molecular weight excluding hydrogens is 129 g/mol. The van der Waals surface area contributed by atoms with E-state index >= 15 is 0 Å². The lowest BCUT2D eigenvalue weighted by atomic mass is 10.5. The van der Waals surface area contributed by atoms with Crippen molar-refractivity contribution in [3.8, 4) is 0 Å². The monoisotopic (exact) mass is 133 g/mol. The van der Waals surface area contributed by atoms with E-state index in [9.17, 15) is 14.1 Å². The Balaban J connectivity index is 3.83. The number of hydrogen-bond donors (Lipinski definition) is 2. The maximum Gasteiger partial charge on any atom is 0.279 e. The highest BCUT2D eigenvalue weighted by Crippen LogP contribution is 1.89. The van der Waals surface area contributed by atoms with Crippen molar-refractivity contribution in [3.05, 3.63) is 16.9 Å². The van der Waals surface area contributed by atoms with Gasteiger partial charge in [-0.1, -0.05) is 0 Å². The SMILES string of the molecule is NC(=O)/C(F)=C\NN=O. The van der Waals surface area contributed by atoms with Gasteiger partial charge in [-0.05, 0) is 0 Å². The normalized spacial score (nSPS) is 10.6. The number of primary amides is 1. The van der Waals surface area contributed by atoms with Crippen molar-refractivity contribution < 1.29 is 9.18 Å². The van der Waals surface area contributed by atoms with Gasteiger partial charge in [0.05, 0.1) is 11.5 Å². The van der Waals surface area contributed by atoms with Gasteiger partial charge in [0.1, 0.15) is 0 Å². The Morgan fingerprint density at radius 2 is 2.33 bits per heavy atom. The van der Waals surface area contributed by atoms with Crippen LogP contribution in [0.5, 0.6) is 0 Å². The number of rotatable bonds is 3. The second kappa shape index (κ2) is 3.53. The lowest BCUT2D eigenvalue weighted by Crippen LogP contribution is -2.12. The summed E-state index contributed by atoms with van der Waals surface area (Å²) in [7, 11) is 0. The van der Waals surface area contributed by atoms with Crippen LogP contribution in [0.15, 0.2) is 17.3 Å². The topological polar surface area (TPSA) is 84.6 Å². The van der Waals surface area contributed by atoms with Crippen molar-refractivity contribution in [3.63, 3.8) is 0 Å². The highest BCUT2D eigenvalue weighted by Gasteiger charge is 1.99. The Morgan fingerprint density at radius 1 is 1.78 bits per heavy atom. The molecule has 0 saturated heterocycles. The van der Waals surface area contributed by atoms with Crippen molar-refractivity contribution >= 4 is 5.91 Å². The molecule has 0 aliphatic rings. The first-order chi connectivity index (χ1) is 4.18. The summed E-state index contributed by atoms with van der Waals surface area (Å²) in [6, 6.07) is 0. The number of amides is 1. The molecule has 0 aliphatic heterocycles. The van der Waals surface area contributed by atoms with Crippen LogP contribution in [0.1, 0.15) is 0 Å². The predicted molar refractivity (Wildman–Crippen MR) is 27.3 cm³/mol. The van der Waals surface area contributed by atoms with E-state index in [1.165, 1.54) is 0 Å². The second-order valence-corrected chi connectivity index (χ2v) is 1.08. The fraction of sp³-hybridized carbons (Fsp3) is 0. The van der Waals surface area contributed by atoms with Crippen LogP contribution < -0.4 is 11.2 Å². The molecule has 0 aliphatic carbocycles. The quantitative estimate of drug-likeness (QED) is 0.310. The van der Waals surface area contributed by atoms with Crippen LogP contribution in [0.4, 0.5) is 4.39 Å². The second-order valence-electron chi connectivity index (χ2n) is 1.08. The van der Waals surface area contributed by atoms with Crippen LogP contribution in [0.3, 0.4) is 0 Å². The zero-order valence-corrected chi connectivity index (χ0v) is 4.30. The molecule has 0 rings (SSSR count). The third kappa shape index (κ3) is 3.15. The molecule has 6 heteroatoms. The third-order valence-corrected chi connectivity index (χ3v) is 0.479. The van der Waals surface area contributed by atoms with Crippen molar-refractivity contribution in [1.29, 1.82) is 0 Å². The maximum absolute atomic E-state index is 11.8. The van der Waals surface area contributed by atoms with Crippen molar-refractivity contribution in [2.75, 3.05) is 0 Å². The number of carbonyl (C=O) groups is 1. The van der Waals surface area contributed by atoms with E-state index in [1.807, 2.05) is 5.29 Å². The van der Waals surface area contributed by atoms with Crippen molar-refractivity contribution in [1.82, 2.24) is 5.43 Å². The fourth-order valence-corrected chi connectivity index (χ4v) is 0.154. The Morgan fingerprint density at radius 3 is 2.67 bits per heavy atom. The average Bonchev–Trinajstić information content (AvgIpc) is 1.82. The maximum atomic E-state index is 11.8. The summed E-state index contributed by atoms with van der Waals surface area (Å²) >= 11 is 0. The van der Waals surface area contributed by atoms with Crippen LogP contribution in [-0.2, 0) is 4.79 Å². The third-order valence-electron chi connectivity index (χ3n) is 0.479. The van der Waals surface area contributed by atoms with Crippen LogP contribution in [0.2, 0.25) is 0 Å². The molecule has 3 N–H and O–H groups in total. The Kier molecular flexibility index (Phi) is 2.96. The molecule has 0 aromatic rings. The molecule has 1 amide bonds. The minimum Gasteiger partial charge on any atom is -0.364 e. The highest BCUT2D eigenvalue weighted by atomic mass is 19.1. The van der Waals surface area contributed by atoms with E-state index in [0.717, 1.165) is 0 Å². The summed E-state index contributed by atoms with van der Waals surface area (Å²) in [5, 5.41) is 2.03. The lowest BCUT2D eigenvalue weighted by Gasteiger charge is -1.85. The standard InChI is InChI=1S/C3H4FN3O2/c4-2(3(5)8)1-6-7-9/h1H,(H2,5,8)(H,6,9)/b2-1+. The van der Waals surface area contributed by atoms with Gasteiger partial charge in [-0.25, -0.2) is 5.43 Å². The van der Waals surface area contributed by atoms with Gasteiger partial charge in [-0.3, -0.25) is 4.79 Å². The van der Waals surface area contributed by atoms with E-state index in [1.54, 1.807) is 5.43 Å². The minimum atomic E-state index is -1.24. The largest absolute Gasteiger partial charge is 0.364 e. The van der Waals surface area contributed by atoms with Crippen LogP contribution in [-0.4, -0.2) is 5.91 Å². The number of nitrogens with zero attached hydrogens (tertiary/aromatic N) is 1. The number of nitroso groups, excluding NO2 is 1. The zero-order chi connectivity index (χ0) is 7.28. The Bertz CT molecular complexity index is 155. The summed E-state index contributed by atoms with van der Waals surface area (Å²) < 4.78 is 11.8. The van der Waals surface area contributed by atoms with Gasteiger partial charge in [0.15, 0.2) is 0 Å². The molecule has 5 nitrogen and oxygen atoms in total. The number of halogens is 1. The first-order valence-corrected chi connectivity index (χ1v) is 1.92. The molecule has 0 heterocycles. The zero-order valence-electron chi connectivity index (χ0n) is 4.30. The molecule has 0 unspecified atom stereocenters. The van der Waals surface area contributed by atoms with Gasteiger partial charge in [-0.15, -0.1) is 4.91 Å². The summed E-state index contributed by atoms with van der Waals surface area (Å²) in [4.78, 5) is 19.0. The molecule has 0 aromatic heterocycles. The van der Waals surface area contributed by atoms with E-state index < -0.39 is 11.7 Å². The molecule has 0 saturated carbocycles. The van der Waals surface area contributed by atoms with Gasteiger partial charge in [0, 0.05) is 0 Å². The van der Waals surface area contributed by atoms with Crippen LogP contribution in [0, 0.1) is 4.91 Å². The summed E-state index contributed by atoms with van der Waals surface area (Å²) in [6.45, 7) is 0. The predicted octanol–water partition coefficient (Wildman–Crippen LogP) is -0.446. The number of hydrogen-bond acceptors (Lipinski definition) is 3. The lowest BCUT2D eigenvalue weighted by molar-refractivity contribution is -0.115. The molecule has 0 atom stereocenters. The molecule has 0 bridgehead atoms. The van der Waals surface area contributed by atoms with Crippen LogP contribution in [0.25, 0.3) is 0 Å². The van der Waals surface area contributed by atoms with Crippen molar-refractivity contribution in [2.45, 2.75) is 0 Å². The number of carbonyl (C=O) groups excluding carboxylic acids is 1. The van der Waals surface area contributed by atoms with E-state index in [-0.39, 0.29) is 0 Å². The van der Waals surface area contributed by atoms with Crippen LogP contribution >= 0.6 is 0 Å². The molecule has 50 valence electrons. The Hall–Kier alpha value is -1.46. The summed E-state index contributed by atoms with van der Waals surface area (Å²) in [6.07, 6.45) is 0.468. The first kappa shape index (κ1) is 7.54. The smallest absolute Gasteiger partial charge is 0.279 e. The molecule has 0 aromatic carbocycles. The average molecular weight is 133 g/mol. The summed E-state index contributed by atoms with van der Waals surface area (Å²) in [5.41, 5.74) is 5.97. The van der Waals surface area contributed by atoms with E-state index in [4.69, 9.17) is 0 Å². The van der Waals surface area contributed by atoms with Gasteiger partial charge in [-0.2, -0.15) is 4.39 Å². The van der Waals surface area contributed by atoms with Gasteiger partial charge in [0.2, 0.25) is 5.83 Å². The molecular formula is C3H4FN3O2. The minimum absolute atomic E-state index is 0.468. The fourth-order valence-electron chi connectivity index (χ4n) is 0.154. The molecule has 0 spiro atoms. The van der Waals surface area contributed by atoms with Gasteiger partial charge in [0.25, 0.3) is 5.91 Å². The number of nitrogens with one attached hydrogen (secondary N) is 1. The van der Waals surface area contributed by atoms with Crippen molar-refractivity contribution in [2.24, 2.45) is 11.0 Å². The Labute approximate surface area is 49.7 Å². The van der Waals surface area contributed by atoms with E-state index in [2.05, 4.69) is 5.73 Å². The molecule has 0 radical (unpaired) electrons.